The molecule has 0 saturated carbocycles. The molecule has 0 aliphatic carbocycles. The number of carbonyl (C=O) groups excluding carboxylic acids is 1. The molecule has 0 aromatic heterocycles. The van der Waals surface area contributed by atoms with Gasteiger partial charge in [-0.3, -0.25) is 9.69 Å². The van der Waals surface area contributed by atoms with E-state index in [0.29, 0.717) is 5.57 Å². The average molecular weight is 558 g/mol. The molecule has 0 radical (unpaired) electrons. The molecule has 144 valence electrons. The minimum Gasteiger partial charge on any atom is -0.496 e. The second-order valence-corrected chi connectivity index (χ2v) is 8.61. The van der Waals surface area contributed by atoms with Crippen molar-refractivity contribution in [3.63, 3.8) is 0 Å². The van der Waals surface area contributed by atoms with Gasteiger partial charge in [0.05, 0.1) is 17.3 Å². The molecule has 1 aliphatic rings. The third kappa shape index (κ3) is 4.16. The average Bonchev–Trinajstić information content (AvgIpc) is 3.06. The van der Waals surface area contributed by atoms with Gasteiger partial charge in [0.25, 0.3) is 5.91 Å². The van der Waals surface area contributed by atoms with Crippen LogP contribution >= 0.6 is 38.5 Å². The van der Waals surface area contributed by atoms with Crippen molar-refractivity contribution >= 4 is 61.9 Å². The zero-order valence-corrected chi connectivity index (χ0v) is 19.3. The smallest absolute Gasteiger partial charge is 0.262 e. The van der Waals surface area contributed by atoms with Crippen LogP contribution in [-0.4, -0.2) is 13.0 Å². The Hall–Kier alpha value is -2.38. The fourth-order valence-electron chi connectivity index (χ4n) is 3.24. The minimum absolute atomic E-state index is 0.0444. The molecule has 4 rings (SSSR count). The predicted octanol–water partition coefficient (Wildman–Crippen LogP) is 6.53. The number of halogens is 2. The van der Waals surface area contributed by atoms with Gasteiger partial charge in [0, 0.05) is 14.8 Å². The predicted molar refractivity (Wildman–Crippen MR) is 130 cm³/mol. The van der Waals surface area contributed by atoms with Crippen molar-refractivity contribution < 1.29 is 9.53 Å². The van der Waals surface area contributed by atoms with Crippen LogP contribution < -0.4 is 9.64 Å². The van der Waals surface area contributed by atoms with Gasteiger partial charge in [-0.1, -0.05) is 36.4 Å². The molecule has 0 N–H and O–H groups in total. The number of hydrogen-bond acceptors (Lipinski definition) is 2. The summed E-state index contributed by atoms with van der Waals surface area (Å²) in [5, 5.41) is 0. The first-order chi connectivity index (χ1) is 14.1. The van der Waals surface area contributed by atoms with Crippen LogP contribution in [0.5, 0.6) is 5.75 Å². The first kappa shape index (κ1) is 19.9. The van der Waals surface area contributed by atoms with E-state index < -0.39 is 0 Å². The van der Waals surface area contributed by atoms with Gasteiger partial charge in [-0.05, 0) is 98.2 Å². The van der Waals surface area contributed by atoms with E-state index in [1.807, 2.05) is 84.9 Å². The van der Waals surface area contributed by atoms with E-state index in [1.54, 1.807) is 12.0 Å². The number of ether oxygens (including phenoxy) is 1. The highest BCUT2D eigenvalue weighted by molar-refractivity contribution is 14.1. The van der Waals surface area contributed by atoms with E-state index in [-0.39, 0.29) is 5.91 Å². The summed E-state index contributed by atoms with van der Waals surface area (Å²) in [6.07, 6.45) is 3.86. The Bertz CT molecular complexity index is 1120. The van der Waals surface area contributed by atoms with E-state index in [0.717, 1.165) is 36.3 Å². The maximum Gasteiger partial charge on any atom is 0.262 e. The monoisotopic (exact) mass is 557 g/mol. The molecular weight excluding hydrogens is 541 g/mol. The quantitative estimate of drug-likeness (QED) is 0.269. The van der Waals surface area contributed by atoms with E-state index in [4.69, 9.17) is 4.74 Å². The summed E-state index contributed by atoms with van der Waals surface area (Å²) in [5.41, 5.74) is 4.28. The van der Waals surface area contributed by atoms with E-state index in [9.17, 15) is 4.79 Å². The number of hydrogen-bond donors (Lipinski definition) is 0. The lowest BCUT2D eigenvalue weighted by Gasteiger charge is -2.21. The lowest BCUT2D eigenvalue weighted by atomic mass is 10.1. The summed E-state index contributed by atoms with van der Waals surface area (Å²) in [7, 11) is 1.63. The number of carbonyl (C=O) groups is 1. The molecule has 3 nitrogen and oxygen atoms in total. The minimum atomic E-state index is -0.0444. The molecule has 3 aromatic carbocycles. The van der Waals surface area contributed by atoms with Crippen LogP contribution in [0.25, 0.3) is 11.8 Å². The summed E-state index contributed by atoms with van der Waals surface area (Å²) in [6, 6.07) is 23.7. The first-order valence-electron chi connectivity index (χ1n) is 8.99. The number of methoxy groups -OCH3 is 1. The summed E-state index contributed by atoms with van der Waals surface area (Å²) in [5.74, 6) is 0.711. The second kappa shape index (κ2) is 8.55. The topological polar surface area (TPSA) is 29.5 Å². The van der Waals surface area contributed by atoms with Gasteiger partial charge >= 0.3 is 0 Å². The van der Waals surface area contributed by atoms with Crippen molar-refractivity contribution in [3.05, 3.63) is 104 Å². The maximum atomic E-state index is 13.4. The Labute approximate surface area is 192 Å². The van der Waals surface area contributed by atoms with Crippen molar-refractivity contribution in [2.24, 2.45) is 0 Å². The lowest BCUT2D eigenvalue weighted by molar-refractivity contribution is -0.113. The van der Waals surface area contributed by atoms with Crippen LogP contribution in [-0.2, 0) is 4.79 Å². The number of amides is 1. The van der Waals surface area contributed by atoms with Gasteiger partial charge in [-0.25, -0.2) is 0 Å². The van der Waals surface area contributed by atoms with Crippen LogP contribution in [0.4, 0.5) is 5.69 Å². The van der Waals surface area contributed by atoms with Gasteiger partial charge < -0.3 is 4.74 Å². The molecule has 0 atom stereocenters. The van der Waals surface area contributed by atoms with Crippen LogP contribution in [0.3, 0.4) is 0 Å². The molecule has 1 aliphatic heterocycles. The Morgan fingerprint density at radius 1 is 1.00 bits per heavy atom. The van der Waals surface area contributed by atoms with Crippen molar-refractivity contribution in [2.75, 3.05) is 12.0 Å². The maximum absolute atomic E-state index is 13.4. The highest BCUT2D eigenvalue weighted by Crippen LogP contribution is 2.36. The molecule has 3 aromatic rings. The van der Waals surface area contributed by atoms with Gasteiger partial charge in [0.15, 0.2) is 0 Å². The van der Waals surface area contributed by atoms with Gasteiger partial charge in [0.2, 0.25) is 0 Å². The highest BCUT2D eigenvalue weighted by atomic mass is 127. The van der Waals surface area contributed by atoms with Gasteiger partial charge in [-0.2, -0.15) is 0 Å². The van der Waals surface area contributed by atoms with Crippen molar-refractivity contribution in [2.45, 2.75) is 0 Å². The molecule has 5 heteroatoms. The molecular formula is C24H17BrINO2. The van der Waals surface area contributed by atoms with Crippen molar-refractivity contribution in [3.8, 4) is 5.75 Å². The highest BCUT2D eigenvalue weighted by Gasteiger charge is 2.30. The molecule has 1 amide bonds. The Balaban J connectivity index is 1.79. The van der Waals surface area contributed by atoms with Crippen molar-refractivity contribution in [1.82, 2.24) is 0 Å². The molecule has 0 bridgehead atoms. The molecule has 29 heavy (non-hydrogen) atoms. The summed E-state index contributed by atoms with van der Waals surface area (Å²) < 4.78 is 7.27. The molecule has 1 heterocycles. The van der Waals surface area contributed by atoms with Gasteiger partial charge in [-0.15, -0.1) is 0 Å². The van der Waals surface area contributed by atoms with Crippen LogP contribution in [0.15, 0.2) is 88.9 Å². The molecule has 0 spiro atoms. The second-order valence-electron chi connectivity index (χ2n) is 6.51. The Morgan fingerprint density at radius 2 is 1.72 bits per heavy atom. The van der Waals surface area contributed by atoms with Crippen molar-refractivity contribution in [1.29, 1.82) is 0 Å². The number of nitrogens with zero attached hydrogens (tertiary/aromatic N) is 1. The standard InChI is InChI=1S/C24H17BrINO2/c1-29-23-12-7-16(14-21(23)25)13-18-15-22(17-5-3-2-4-6-17)27(24(18)28)20-10-8-19(26)9-11-20/h2-15H,1H3/b18-13+. The molecule has 0 fully saturated rings. The fourth-order valence-corrected chi connectivity index (χ4v) is 4.15. The first-order valence-corrected chi connectivity index (χ1v) is 10.9. The third-order valence-corrected chi connectivity index (χ3v) is 5.97. The summed E-state index contributed by atoms with van der Waals surface area (Å²) in [4.78, 5) is 15.1. The fraction of sp³-hybridized carbons (Fsp3) is 0.0417. The molecule has 0 saturated heterocycles. The Kier molecular flexibility index (Phi) is 5.87. The molecule has 0 unspecified atom stereocenters. The van der Waals surface area contributed by atoms with E-state index in [2.05, 4.69) is 38.5 Å². The summed E-state index contributed by atoms with van der Waals surface area (Å²) >= 11 is 5.78. The van der Waals surface area contributed by atoms with Crippen LogP contribution in [0, 0.1) is 3.57 Å². The third-order valence-electron chi connectivity index (χ3n) is 4.64. The summed E-state index contributed by atoms with van der Waals surface area (Å²) in [6.45, 7) is 0. The number of rotatable bonds is 4. The van der Waals surface area contributed by atoms with Gasteiger partial charge in [0.1, 0.15) is 5.75 Å². The van der Waals surface area contributed by atoms with E-state index >= 15 is 0 Å². The zero-order valence-electron chi connectivity index (χ0n) is 15.6. The van der Waals surface area contributed by atoms with E-state index in [1.165, 1.54) is 0 Å². The number of benzene rings is 3. The zero-order chi connectivity index (χ0) is 20.4. The number of anilines is 1. The normalized spacial score (nSPS) is 15.0. The largest absolute Gasteiger partial charge is 0.496 e. The lowest BCUT2D eigenvalue weighted by Crippen LogP contribution is -2.24. The Morgan fingerprint density at radius 3 is 2.38 bits per heavy atom. The van der Waals surface area contributed by atoms with Crippen LogP contribution in [0.1, 0.15) is 11.1 Å². The van der Waals surface area contributed by atoms with Crippen LogP contribution in [0.2, 0.25) is 0 Å². The SMILES string of the molecule is COc1ccc(/C=C2\C=C(c3ccccc3)N(c3ccc(I)cc3)C2=O)cc1Br.